The van der Waals surface area contributed by atoms with Crippen molar-refractivity contribution in [2.24, 2.45) is 11.8 Å². The molecule has 0 aliphatic rings. The normalized spacial score (nSPS) is 14.4. The van der Waals surface area contributed by atoms with Crippen LogP contribution in [0.2, 0.25) is 0 Å². The Labute approximate surface area is 556 Å². The van der Waals surface area contributed by atoms with Crippen molar-refractivity contribution < 1.29 is 80.2 Å². The first kappa shape index (κ1) is 89.1. The Balaban J connectivity index is 5.23. The maximum absolute atomic E-state index is 13.0. The summed E-state index contributed by atoms with van der Waals surface area (Å²) in [5.74, 6) is -0.569. The van der Waals surface area contributed by atoms with Crippen molar-refractivity contribution in [3.05, 3.63) is 0 Å². The highest BCUT2D eigenvalue weighted by atomic mass is 31.2. The maximum Gasteiger partial charge on any atom is 0.472 e. The van der Waals surface area contributed by atoms with Crippen LogP contribution >= 0.6 is 15.6 Å². The molecule has 0 amide bonds. The zero-order valence-corrected chi connectivity index (χ0v) is 60.9. The number of hydrogen-bond donors (Lipinski definition) is 3. The fourth-order valence-corrected chi connectivity index (χ4v) is 12.5. The van der Waals surface area contributed by atoms with Crippen LogP contribution in [-0.2, 0) is 65.4 Å². The number of esters is 4. The number of aliphatic hydroxyl groups excluding tert-OH is 1. The van der Waals surface area contributed by atoms with E-state index in [0.717, 1.165) is 102 Å². The second kappa shape index (κ2) is 64.1. The smallest absolute Gasteiger partial charge is 0.462 e. The predicted octanol–water partition coefficient (Wildman–Crippen LogP) is 20.8. The van der Waals surface area contributed by atoms with Crippen molar-refractivity contribution in [2.75, 3.05) is 39.6 Å². The van der Waals surface area contributed by atoms with Gasteiger partial charge in [0.25, 0.3) is 0 Å². The van der Waals surface area contributed by atoms with E-state index in [1.807, 2.05) is 0 Å². The average Bonchev–Trinajstić information content (AvgIpc) is 3.71. The van der Waals surface area contributed by atoms with Gasteiger partial charge in [-0.3, -0.25) is 37.3 Å². The minimum atomic E-state index is -4.95. The van der Waals surface area contributed by atoms with Gasteiger partial charge in [0.2, 0.25) is 0 Å². The number of ether oxygens (including phenoxy) is 4. The van der Waals surface area contributed by atoms with Gasteiger partial charge in [0.15, 0.2) is 12.2 Å². The largest absolute Gasteiger partial charge is 0.472 e. The SMILES string of the molecule is CCCCCCCCCCCCCCC(=O)OC[C@H](COP(=O)(O)OC[C@@H](O)COP(=O)(O)OC[C@@H](COC(=O)CCCCCCCCCC(C)C)OC(=O)CCCCCCCCCCCCC)OC(=O)CCCCCCCCCCCCCCCCC(C)CC. The van der Waals surface area contributed by atoms with E-state index in [0.29, 0.717) is 31.6 Å². The van der Waals surface area contributed by atoms with Gasteiger partial charge in [-0.1, -0.05) is 318 Å². The maximum atomic E-state index is 13.0. The second-order valence-corrected chi connectivity index (χ2v) is 29.6. The van der Waals surface area contributed by atoms with Gasteiger partial charge >= 0.3 is 39.5 Å². The molecule has 0 spiro atoms. The van der Waals surface area contributed by atoms with E-state index in [1.165, 1.54) is 180 Å². The van der Waals surface area contributed by atoms with Gasteiger partial charge in [0.05, 0.1) is 26.4 Å². The zero-order valence-electron chi connectivity index (χ0n) is 59.1. The van der Waals surface area contributed by atoms with Crippen LogP contribution in [-0.4, -0.2) is 96.7 Å². The lowest BCUT2D eigenvalue weighted by Crippen LogP contribution is -2.30. The number of unbranched alkanes of at least 4 members (excludes halogenated alkanes) is 40. The molecule has 3 unspecified atom stereocenters. The lowest BCUT2D eigenvalue weighted by atomic mass is 9.99. The molecule has 0 rings (SSSR count). The number of rotatable bonds is 71. The third-order valence-electron chi connectivity index (χ3n) is 17.1. The number of phosphoric ester groups is 2. The molecule has 0 radical (unpaired) electrons. The standard InChI is InChI=1S/C72H140O17P2/c1-7-10-12-14-16-18-20-27-30-36-42-48-54-69(74)82-60-67(88-72(77)57-51-45-38-32-28-24-22-21-23-26-29-35-41-47-53-65(6)9-3)62-86-90(78,79)84-58-66(73)59-85-91(80,81)87-63-68(61-83-70(75)55-49-43-39-33-34-40-46-52-64(4)5)89-71(76)56-50-44-37-31-25-19-17-15-13-11-8-2/h64-68,73H,7-63H2,1-6H3,(H,78,79)(H,80,81)/t65?,66-,67-,68-/m1/s1. The van der Waals surface area contributed by atoms with Crippen molar-refractivity contribution in [2.45, 2.75) is 387 Å². The Kier molecular flexibility index (Phi) is 62.7. The molecule has 0 aliphatic heterocycles. The molecular weight excluding hydrogens is 1200 g/mol. The van der Waals surface area contributed by atoms with Gasteiger partial charge in [-0.05, 0) is 37.5 Å². The summed E-state index contributed by atoms with van der Waals surface area (Å²) in [6, 6.07) is 0. The van der Waals surface area contributed by atoms with Crippen molar-refractivity contribution in [3.8, 4) is 0 Å². The molecule has 0 aromatic carbocycles. The van der Waals surface area contributed by atoms with Crippen LogP contribution in [0, 0.1) is 11.8 Å². The molecule has 540 valence electrons. The van der Waals surface area contributed by atoms with Crippen LogP contribution in [0.5, 0.6) is 0 Å². The first-order chi connectivity index (χ1) is 43.9. The number of aliphatic hydroxyl groups is 1. The third kappa shape index (κ3) is 65.1. The molecule has 0 bridgehead atoms. The highest BCUT2D eigenvalue weighted by Crippen LogP contribution is 2.45. The predicted molar refractivity (Wildman–Crippen MR) is 368 cm³/mol. The van der Waals surface area contributed by atoms with Crippen molar-refractivity contribution >= 4 is 39.5 Å². The number of carbonyl (C=O) groups excluding carboxylic acids is 4. The van der Waals surface area contributed by atoms with Gasteiger partial charge in [-0.25, -0.2) is 9.13 Å². The van der Waals surface area contributed by atoms with E-state index in [4.69, 9.17) is 37.0 Å². The molecule has 0 saturated heterocycles. The summed E-state index contributed by atoms with van der Waals surface area (Å²) < 4.78 is 68.3. The van der Waals surface area contributed by atoms with E-state index in [1.54, 1.807) is 0 Å². The summed E-state index contributed by atoms with van der Waals surface area (Å²) in [5, 5.41) is 10.6. The molecule has 0 fully saturated rings. The fraction of sp³-hybridized carbons (Fsp3) is 0.944. The molecule has 19 heteroatoms. The van der Waals surface area contributed by atoms with Crippen molar-refractivity contribution in [1.29, 1.82) is 0 Å². The summed E-state index contributed by atoms with van der Waals surface area (Å²) in [6.45, 7) is 9.56. The molecule has 0 aliphatic carbocycles. The third-order valence-corrected chi connectivity index (χ3v) is 19.0. The lowest BCUT2D eigenvalue weighted by molar-refractivity contribution is -0.161. The summed E-state index contributed by atoms with van der Waals surface area (Å²) in [5.41, 5.74) is 0. The Morgan fingerprint density at radius 2 is 0.560 bits per heavy atom. The first-order valence-corrected chi connectivity index (χ1v) is 40.5. The van der Waals surface area contributed by atoms with Crippen LogP contribution in [0.1, 0.15) is 369 Å². The second-order valence-electron chi connectivity index (χ2n) is 26.7. The molecule has 0 heterocycles. The number of hydrogen-bond acceptors (Lipinski definition) is 15. The summed E-state index contributed by atoms with van der Waals surface area (Å²) in [4.78, 5) is 72.6. The molecule has 0 aromatic rings. The topological polar surface area (TPSA) is 237 Å². The van der Waals surface area contributed by atoms with E-state index in [9.17, 15) is 43.2 Å². The highest BCUT2D eigenvalue weighted by molar-refractivity contribution is 7.47. The first-order valence-electron chi connectivity index (χ1n) is 37.5. The van der Waals surface area contributed by atoms with Crippen LogP contribution in [0.15, 0.2) is 0 Å². The van der Waals surface area contributed by atoms with Gasteiger partial charge in [0, 0.05) is 25.7 Å². The Morgan fingerprint density at radius 1 is 0.319 bits per heavy atom. The number of phosphoric acid groups is 2. The summed E-state index contributed by atoms with van der Waals surface area (Å²) in [6.07, 6.45) is 49.9. The molecule has 6 atom stereocenters. The van der Waals surface area contributed by atoms with Crippen LogP contribution in [0.25, 0.3) is 0 Å². The van der Waals surface area contributed by atoms with E-state index in [-0.39, 0.29) is 25.7 Å². The number of carbonyl (C=O) groups is 4. The van der Waals surface area contributed by atoms with Gasteiger partial charge in [0.1, 0.15) is 19.3 Å². The zero-order chi connectivity index (χ0) is 67.2. The van der Waals surface area contributed by atoms with Crippen molar-refractivity contribution in [3.63, 3.8) is 0 Å². The highest BCUT2D eigenvalue weighted by Gasteiger charge is 2.30. The quantitative estimate of drug-likeness (QED) is 0.0222. The van der Waals surface area contributed by atoms with Crippen LogP contribution in [0.4, 0.5) is 0 Å². The van der Waals surface area contributed by atoms with E-state index < -0.39 is 97.5 Å². The summed E-state index contributed by atoms with van der Waals surface area (Å²) in [7, 11) is -9.90. The van der Waals surface area contributed by atoms with Crippen molar-refractivity contribution in [1.82, 2.24) is 0 Å². The molecule has 17 nitrogen and oxygen atoms in total. The molecule has 91 heavy (non-hydrogen) atoms. The average molecular weight is 1340 g/mol. The van der Waals surface area contributed by atoms with E-state index >= 15 is 0 Å². The van der Waals surface area contributed by atoms with Gasteiger partial charge in [-0.2, -0.15) is 0 Å². The fourth-order valence-electron chi connectivity index (χ4n) is 10.9. The Bertz CT molecular complexity index is 1770. The van der Waals surface area contributed by atoms with Crippen LogP contribution in [0.3, 0.4) is 0 Å². The minimum absolute atomic E-state index is 0.106. The Hall–Kier alpha value is -1.94. The lowest BCUT2D eigenvalue weighted by Gasteiger charge is -2.21. The summed E-state index contributed by atoms with van der Waals surface area (Å²) >= 11 is 0. The molecule has 0 aromatic heterocycles. The Morgan fingerprint density at radius 3 is 0.835 bits per heavy atom. The van der Waals surface area contributed by atoms with Crippen LogP contribution < -0.4 is 0 Å². The van der Waals surface area contributed by atoms with E-state index in [2.05, 4.69) is 41.5 Å². The minimum Gasteiger partial charge on any atom is -0.462 e. The molecule has 0 saturated carbocycles. The van der Waals surface area contributed by atoms with Gasteiger partial charge < -0.3 is 33.8 Å². The molecule has 3 N–H and O–H groups in total. The molecular formula is C72H140O17P2. The monoisotopic (exact) mass is 1340 g/mol. The van der Waals surface area contributed by atoms with Gasteiger partial charge in [-0.15, -0.1) is 0 Å².